The van der Waals surface area contributed by atoms with Crippen LogP contribution in [0.15, 0.2) is 164 Å². The van der Waals surface area contributed by atoms with E-state index in [1.807, 2.05) is 0 Å². The quantitative estimate of drug-likeness (QED) is 0.147. The Hall–Kier alpha value is -5.98. The minimum atomic E-state index is 1.31. The van der Waals surface area contributed by atoms with Crippen LogP contribution in [0.3, 0.4) is 0 Å². The predicted octanol–water partition coefficient (Wildman–Crippen LogP) is 14.0. The molecule has 0 saturated heterocycles. The van der Waals surface area contributed by atoms with Crippen molar-refractivity contribution in [2.75, 3.05) is 0 Å². The van der Waals surface area contributed by atoms with E-state index in [0.717, 1.165) is 0 Å². The third-order valence-electron chi connectivity index (χ3n) is 10.4. The van der Waals surface area contributed by atoms with Gasteiger partial charge >= 0.3 is 0 Å². The number of rotatable bonds is 0. The maximum absolute atomic E-state index is 2.26. The van der Waals surface area contributed by atoms with E-state index in [1.54, 1.807) is 0 Å². The molecule has 11 rings (SSSR count). The summed E-state index contributed by atoms with van der Waals surface area (Å²) >= 11 is 0. The Morgan fingerprint density at radius 3 is 1.53 bits per heavy atom. The van der Waals surface area contributed by atoms with Crippen LogP contribution in [0.4, 0.5) is 0 Å². The Kier molecular flexibility index (Phi) is 6.92. The van der Waals surface area contributed by atoms with E-state index in [2.05, 4.69) is 185 Å². The second kappa shape index (κ2) is 11.6. The van der Waals surface area contributed by atoms with Crippen molar-refractivity contribution in [1.82, 2.24) is 0 Å². The average molecular weight is 625 g/mol. The van der Waals surface area contributed by atoms with Crippen LogP contribution in [0.2, 0.25) is 0 Å². The van der Waals surface area contributed by atoms with Gasteiger partial charge in [0.2, 0.25) is 0 Å². The summed E-state index contributed by atoms with van der Waals surface area (Å²) in [5.74, 6) is 0. The molecule has 232 valence electrons. The van der Waals surface area contributed by atoms with Gasteiger partial charge in [0.1, 0.15) is 0 Å². The van der Waals surface area contributed by atoms with Gasteiger partial charge < -0.3 is 0 Å². The van der Waals surface area contributed by atoms with Gasteiger partial charge in [0.15, 0.2) is 0 Å². The van der Waals surface area contributed by atoms with Crippen LogP contribution in [0.25, 0.3) is 86.9 Å². The summed E-state index contributed by atoms with van der Waals surface area (Å²) in [4.78, 5) is 0. The molecule has 0 fully saturated rings. The molecular weight excluding hydrogens is 589 g/mol. The Labute approximate surface area is 287 Å². The third-order valence-corrected chi connectivity index (χ3v) is 10.4. The van der Waals surface area contributed by atoms with Gasteiger partial charge in [-0.3, -0.25) is 0 Å². The largest absolute Gasteiger partial charge is 0.0616 e. The van der Waals surface area contributed by atoms with Crippen molar-refractivity contribution >= 4 is 64.6 Å². The Bertz CT molecular complexity index is 2810. The number of fused-ring (bicyclic) bond motifs is 6. The van der Waals surface area contributed by atoms with Gasteiger partial charge in [-0.25, -0.2) is 0 Å². The number of hydrogen-bond acceptors (Lipinski definition) is 0. The van der Waals surface area contributed by atoms with Crippen molar-refractivity contribution < 1.29 is 0 Å². The van der Waals surface area contributed by atoms with E-state index < -0.39 is 0 Å². The molecule has 0 unspecified atom stereocenters. The van der Waals surface area contributed by atoms with Crippen molar-refractivity contribution in [3.8, 4) is 22.3 Å². The zero-order chi connectivity index (χ0) is 33.1. The highest BCUT2D eigenvalue weighted by Gasteiger charge is 2.20. The van der Waals surface area contributed by atoms with Crippen LogP contribution in [-0.4, -0.2) is 0 Å². The molecule has 0 aliphatic heterocycles. The van der Waals surface area contributed by atoms with Gasteiger partial charge in [-0.15, -0.1) is 0 Å². The van der Waals surface area contributed by atoms with Crippen LogP contribution < -0.4 is 0 Å². The molecule has 0 N–H and O–H groups in total. The summed E-state index contributed by atoms with van der Waals surface area (Å²) in [6.07, 6.45) is 0. The second-order valence-corrected chi connectivity index (χ2v) is 13.5. The van der Waals surface area contributed by atoms with Crippen LogP contribution in [-0.2, 0) is 0 Å². The standard InChI is InChI=1S/2C17H12.C15H12/c1-11-9-10-16-14-6-3-2-5-13(14)15-8-4-7-12(11)17(15)16;1-11-5-6-14-8-7-12-3-2-4-13-9-10-15(11)17(14)16(12)13;1-11-6-9-15-13(10-11)8-7-12-4-2-3-5-14(12)15/h2*2-10H,1H3;2-10H,1H3. The normalized spacial score (nSPS) is 11.6. The molecule has 49 heavy (non-hydrogen) atoms. The maximum atomic E-state index is 2.26. The van der Waals surface area contributed by atoms with E-state index in [9.17, 15) is 0 Å². The molecule has 0 amide bonds. The SMILES string of the molecule is Cc1ccc2c(ccc3ccccc32)c1.Cc1ccc2c3c(cccc13)-c1ccccc1-2.Cc1ccc2ccc3cccc4ccc1c2c34. The first-order valence-corrected chi connectivity index (χ1v) is 17.2. The molecule has 0 atom stereocenters. The summed E-state index contributed by atoms with van der Waals surface area (Å²) in [6.45, 7) is 6.51. The minimum Gasteiger partial charge on any atom is -0.0616 e. The Morgan fingerprint density at radius 2 is 0.735 bits per heavy atom. The van der Waals surface area contributed by atoms with Gasteiger partial charge in [0.05, 0.1) is 0 Å². The molecular formula is C49H36. The fourth-order valence-corrected chi connectivity index (χ4v) is 7.97. The van der Waals surface area contributed by atoms with Gasteiger partial charge in [-0.1, -0.05) is 169 Å². The van der Waals surface area contributed by atoms with Gasteiger partial charge in [-0.05, 0) is 119 Å². The van der Waals surface area contributed by atoms with Gasteiger partial charge in [0.25, 0.3) is 0 Å². The van der Waals surface area contributed by atoms with Crippen LogP contribution in [0.5, 0.6) is 0 Å². The highest BCUT2D eigenvalue weighted by Crippen LogP contribution is 2.47. The van der Waals surface area contributed by atoms with E-state index in [0.29, 0.717) is 0 Å². The molecule has 0 aromatic heterocycles. The lowest BCUT2D eigenvalue weighted by molar-refractivity contribution is 1.51. The fourth-order valence-electron chi connectivity index (χ4n) is 7.97. The summed E-state index contributed by atoms with van der Waals surface area (Å²) in [7, 11) is 0. The molecule has 10 aromatic rings. The Balaban J connectivity index is 0.0000000997. The van der Waals surface area contributed by atoms with Crippen LogP contribution >= 0.6 is 0 Å². The highest BCUT2D eigenvalue weighted by atomic mass is 14.2. The average Bonchev–Trinajstić information content (AvgIpc) is 3.48. The van der Waals surface area contributed by atoms with E-state index in [1.165, 1.54) is 104 Å². The first-order chi connectivity index (χ1) is 24.0. The molecule has 0 heteroatoms. The van der Waals surface area contributed by atoms with Crippen molar-refractivity contribution in [3.63, 3.8) is 0 Å². The van der Waals surface area contributed by atoms with Crippen molar-refractivity contribution in [1.29, 1.82) is 0 Å². The summed E-state index contributed by atoms with van der Waals surface area (Å²) in [6, 6.07) is 59.2. The van der Waals surface area contributed by atoms with Gasteiger partial charge in [-0.2, -0.15) is 0 Å². The smallest absolute Gasteiger partial charge is 0.00237 e. The van der Waals surface area contributed by atoms with Crippen molar-refractivity contribution in [3.05, 3.63) is 180 Å². The zero-order valence-electron chi connectivity index (χ0n) is 28.1. The molecule has 1 aliphatic carbocycles. The first-order valence-electron chi connectivity index (χ1n) is 17.2. The molecule has 0 heterocycles. The predicted molar refractivity (Wildman–Crippen MR) is 214 cm³/mol. The van der Waals surface area contributed by atoms with E-state index >= 15 is 0 Å². The number of benzene rings is 10. The zero-order valence-corrected chi connectivity index (χ0v) is 28.1. The molecule has 0 spiro atoms. The number of hydrogen-bond donors (Lipinski definition) is 0. The monoisotopic (exact) mass is 624 g/mol. The molecule has 0 bridgehead atoms. The third kappa shape index (κ3) is 4.83. The topological polar surface area (TPSA) is 0 Å². The van der Waals surface area contributed by atoms with Gasteiger partial charge in [0, 0.05) is 0 Å². The minimum absolute atomic E-state index is 1.31. The molecule has 10 aromatic carbocycles. The van der Waals surface area contributed by atoms with E-state index in [4.69, 9.17) is 0 Å². The van der Waals surface area contributed by atoms with Crippen LogP contribution in [0.1, 0.15) is 16.7 Å². The summed E-state index contributed by atoms with van der Waals surface area (Å²) in [5.41, 5.74) is 9.55. The van der Waals surface area contributed by atoms with E-state index in [-0.39, 0.29) is 0 Å². The lowest BCUT2D eigenvalue weighted by Gasteiger charge is -2.11. The highest BCUT2D eigenvalue weighted by molar-refractivity contribution is 6.23. The fraction of sp³-hybridized carbons (Fsp3) is 0.0612. The second-order valence-electron chi connectivity index (χ2n) is 13.5. The molecule has 1 aliphatic rings. The molecule has 0 radical (unpaired) electrons. The van der Waals surface area contributed by atoms with Crippen molar-refractivity contribution in [2.45, 2.75) is 20.8 Å². The summed E-state index contributed by atoms with van der Waals surface area (Å²) in [5, 5.41) is 16.4. The first kappa shape index (κ1) is 29.2. The Morgan fingerprint density at radius 1 is 0.265 bits per heavy atom. The maximum Gasteiger partial charge on any atom is -0.00237 e. The lowest BCUT2D eigenvalue weighted by atomic mass is 9.92. The number of aryl methyl sites for hydroxylation is 3. The lowest BCUT2D eigenvalue weighted by Crippen LogP contribution is -1.85. The van der Waals surface area contributed by atoms with Crippen molar-refractivity contribution in [2.24, 2.45) is 0 Å². The van der Waals surface area contributed by atoms with Crippen LogP contribution in [0, 0.1) is 20.8 Å². The summed E-state index contributed by atoms with van der Waals surface area (Å²) < 4.78 is 0. The molecule has 0 nitrogen and oxygen atoms in total. The molecule has 0 saturated carbocycles.